The molecule has 1 saturated heterocycles. The van der Waals surface area contributed by atoms with Crippen molar-refractivity contribution >= 4 is 29.3 Å². The number of hydrogen-bond donors (Lipinski definition) is 2. The Hall–Kier alpha value is -3.89. The summed E-state index contributed by atoms with van der Waals surface area (Å²) in [6.07, 6.45) is 4.59. The van der Waals surface area contributed by atoms with Crippen molar-refractivity contribution in [1.29, 1.82) is 0 Å². The number of carboxylic acids is 1. The van der Waals surface area contributed by atoms with E-state index in [4.69, 9.17) is 18.9 Å². The van der Waals surface area contributed by atoms with E-state index in [9.17, 15) is 14.7 Å². The molecule has 3 aromatic carbocycles. The Morgan fingerprint density at radius 1 is 1.04 bits per heavy atom. The van der Waals surface area contributed by atoms with Gasteiger partial charge >= 0.3 is 5.97 Å². The van der Waals surface area contributed by atoms with Gasteiger partial charge in [-0.2, -0.15) is 11.8 Å². The summed E-state index contributed by atoms with van der Waals surface area (Å²) in [5, 5.41) is 13.9. The number of hydrogen-bond acceptors (Lipinski definition) is 8. The van der Waals surface area contributed by atoms with E-state index in [2.05, 4.69) is 25.4 Å². The molecular formula is C35H42N2O7S. The van der Waals surface area contributed by atoms with Gasteiger partial charge in [0.15, 0.2) is 11.5 Å². The number of para-hydroxylation sites is 1. The monoisotopic (exact) mass is 634 g/mol. The number of aryl methyl sites for hydroxylation is 2. The number of carbonyl (C=O) groups excluding carboxylic acids is 1. The standard InChI is InChI=1S/C35H42N2O7S/c1-5-22-9-7-10-23(6-2)32(22)36-30(38)20-37-19-27(25-17-28(41-3)34-29(18-25)43-21-44-34)31(35(39)40)33(37)24-11-13-26(14-12-24)42-15-8-16-45-4/h7,9-14,17-18,27,31,33H,5-6,8,15-16,19-21H2,1-4H3,(H,36,38)(H,39,40)/t27-,31?,33+/m1/s1. The molecule has 0 saturated carbocycles. The number of ether oxygens (including phenoxy) is 4. The maximum absolute atomic E-state index is 13.7. The van der Waals surface area contributed by atoms with Crippen LogP contribution in [0.15, 0.2) is 54.6 Å². The first-order valence-electron chi connectivity index (χ1n) is 15.4. The van der Waals surface area contributed by atoms with Gasteiger partial charge in [0, 0.05) is 24.2 Å². The molecule has 45 heavy (non-hydrogen) atoms. The van der Waals surface area contributed by atoms with Crippen molar-refractivity contribution in [2.45, 2.75) is 45.1 Å². The highest BCUT2D eigenvalue weighted by molar-refractivity contribution is 7.98. The van der Waals surface area contributed by atoms with Gasteiger partial charge in [-0.05, 0) is 77.8 Å². The van der Waals surface area contributed by atoms with Crippen LogP contribution in [0, 0.1) is 5.92 Å². The summed E-state index contributed by atoms with van der Waals surface area (Å²) < 4.78 is 22.7. The van der Waals surface area contributed by atoms with Gasteiger partial charge in [0.2, 0.25) is 18.4 Å². The van der Waals surface area contributed by atoms with Gasteiger partial charge in [-0.15, -0.1) is 0 Å². The van der Waals surface area contributed by atoms with Crippen LogP contribution in [0.25, 0.3) is 0 Å². The molecule has 0 aromatic heterocycles. The smallest absolute Gasteiger partial charge is 0.309 e. The zero-order chi connectivity index (χ0) is 31.9. The van der Waals surface area contributed by atoms with Crippen LogP contribution in [0.3, 0.4) is 0 Å². The summed E-state index contributed by atoms with van der Waals surface area (Å²) in [6.45, 7) is 5.20. The predicted octanol–water partition coefficient (Wildman–Crippen LogP) is 6.16. The minimum atomic E-state index is -0.938. The molecule has 5 rings (SSSR count). The highest BCUT2D eigenvalue weighted by Gasteiger charge is 2.48. The molecule has 3 atom stereocenters. The first-order chi connectivity index (χ1) is 21.9. The number of nitrogens with zero attached hydrogens (tertiary/aromatic N) is 1. The SMILES string of the molecule is CCc1cccc(CC)c1NC(=O)CN1C[C@H](c2cc(OC)c3c(c2)OCO3)C(C(=O)O)[C@@H]1c1ccc(OCCCSC)cc1. The molecule has 240 valence electrons. The lowest BCUT2D eigenvalue weighted by Gasteiger charge is -2.27. The molecule has 3 aromatic rings. The first-order valence-corrected chi connectivity index (χ1v) is 16.8. The largest absolute Gasteiger partial charge is 0.494 e. The second-order valence-electron chi connectivity index (χ2n) is 11.3. The summed E-state index contributed by atoms with van der Waals surface area (Å²) in [4.78, 5) is 28.8. The Kier molecular flexibility index (Phi) is 10.8. The van der Waals surface area contributed by atoms with Crippen LogP contribution in [-0.4, -0.2) is 67.5 Å². The summed E-state index contributed by atoms with van der Waals surface area (Å²) >= 11 is 1.78. The zero-order valence-corrected chi connectivity index (χ0v) is 27.2. The molecule has 10 heteroatoms. The van der Waals surface area contributed by atoms with Gasteiger partial charge in [0.1, 0.15) is 5.75 Å². The Balaban J connectivity index is 1.48. The molecule has 0 radical (unpaired) electrons. The molecule has 0 aliphatic carbocycles. The topological polar surface area (TPSA) is 107 Å². The molecule has 0 bridgehead atoms. The molecule has 2 heterocycles. The second kappa shape index (κ2) is 14.9. The van der Waals surface area contributed by atoms with Gasteiger partial charge in [0.25, 0.3) is 0 Å². The number of carboxylic acid groups (broad SMARTS) is 1. The number of fused-ring (bicyclic) bond motifs is 1. The molecule has 2 aliphatic heterocycles. The number of carbonyl (C=O) groups is 2. The van der Waals surface area contributed by atoms with Gasteiger partial charge in [-0.3, -0.25) is 14.5 Å². The fraction of sp³-hybridized carbons (Fsp3) is 0.429. The van der Waals surface area contributed by atoms with E-state index >= 15 is 0 Å². The highest BCUT2D eigenvalue weighted by Crippen LogP contribution is 2.50. The third kappa shape index (κ3) is 7.17. The van der Waals surface area contributed by atoms with Gasteiger partial charge in [0.05, 0.1) is 26.2 Å². The van der Waals surface area contributed by atoms with E-state index in [1.807, 2.05) is 59.5 Å². The molecule has 1 unspecified atom stereocenters. The van der Waals surface area contributed by atoms with Gasteiger partial charge in [-0.25, -0.2) is 0 Å². The number of amides is 1. The van der Waals surface area contributed by atoms with E-state index < -0.39 is 23.8 Å². The third-order valence-corrected chi connectivity index (χ3v) is 9.28. The number of benzene rings is 3. The van der Waals surface area contributed by atoms with Crippen molar-refractivity contribution in [2.24, 2.45) is 5.92 Å². The average molecular weight is 635 g/mol. The fourth-order valence-corrected chi connectivity index (χ4v) is 6.82. The van der Waals surface area contributed by atoms with Gasteiger partial charge in [-0.1, -0.05) is 44.2 Å². The van der Waals surface area contributed by atoms with Crippen LogP contribution in [0.1, 0.15) is 54.5 Å². The molecule has 2 aliphatic rings. The maximum Gasteiger partial charge on any atom is 0.309 e. The minimum absolute atomic E-state index is 0.0285. The summed E-state index contributed by atoms with van der Waals surface area (Å²) in [6, 6.07) is 16.8. The minimum Gasteiger partial charge on any atom is -0.494 e. The van der Waals surface area contributed by atoms with E-state index in [1.54, 1.807) is 18.9 Å². The predicted molar refractivity (Wildman–Crippen MR) is 176 cm³/mol. The van der Waals surface area contributed by atoms with E-state index in [0.717, 1.165) is 58.7 Å². The molecule has 2 N–H and O–H groups in total. The zero-order valence-electron chi connectivity index (χ0n) is 26.3. The van der Waals surface area contributed by atoms with E-state index in [1.165, 1.54) is 0 Å². The van der Waals surface area contributed by atoms with Crippen molar-refractivity contribution in [3.05, 3.63) is 76.9 Å². The number of rotatable bonds is 14. The number of anilines is 1. The Bertz CT molecular complexity index is 1470. The van der Waals surface area contributed by atoms with Crippen LogP contribution < -0.4 is 24.3 Å². The highest BCUT2D eigenvalue weighted by atomic mass is 32.2. The van der Waals surface area contributed by atoms with Crippen LogP contribution in [0.2, 0.25) is 0 Å². The molecule has 1 amide bonds. The van der Waals surface area contributed by atoms with Crippen molar-refractivity contribution in [3.63, 3.8) is 0 Å². The Labute approximate surface area is 269 Å². The van der Waals surface area contributed by atoms with Gasteiger partial charge < -0.3 is 29.4 Å². The summed E-state index contributed by atoms with van der Waals surface area (Å²) in [7, 11) is 1.55. The maximum atomic E-state index is 13.7. The number of aliphatic carboxylic acids is 1. The van der Waals surface area contributed by atoms with Crippen molar-refractivity contribution in [1.82, 2.24) is 4.90 Å². The van der Waals surface area contributed by atoms with Crippen LogP contribution in [0.4, 0.5) is 5.69 Å². The number of nitrogens with one attached hydrogen (secondary N) is 1. The first kappa shape index (κ1) is 32.5. The molecular weight excluding hydrogens is 592 g/mol. The van der Waals surface area contributed by atoms with E-state index in [-0.39, 0.29) is 19.2 Å². The normalized spacial score (nSPS) is 19.0. The number of likely N-dealkylation sites (tertiary alicyclic amines) is 1. The molecule has 0 spiro atoms. The van der Waals surface area contributed by atoms with Crippen molar-refractivity contribution in [2.75, 3.05) is 50.9 Å². The fourth-order valence-electron chi connectivity index (χ4n) is 6.41. The summed E-state index contributed by atoms with van der Waals surface area (Å²) in [5.41, 5.74) is 4.56. The third-order valence-electron chi connectivity index (χ3n) is 8.59. The number of thioether (sulfide) groups is 1. The lowest BCUT2D eigenvalue weighted by atomic mass is 9.82. The van der Waals surface area contributed by atoms with E-state index in [0.29, 0.717) is 30.4 Å². The average Bonchev–Trinajstić information content (AvgIpc) is 3.68. The van der Waals surface area contributed by atoms with Crippen LogP contribution in [0.5, 0.6) is 23.0 Å². The van der Waals surface area contributed by atoms with Crippen LogP contribution in [-0.2, 0) is 22.4 Å². The van der Waals surface area contributed by atoms with Crippen molar-refractivity contribution < 1.29 is 33.6 Å². The Morgan fingerprint density at radius 3 is 2.42 bits per heavy atom. The molecule has 1 fully saturated rings. The lowest BCUT2D eigenvalue weighted by molar-refractivity contribution is -0.143. The summed E-state index contributed by atoms with van der Waals surface area (Å²) in [5.74, 6) is 0.860. The number of methoxy groups -OCH3 is 1. The quantitative estimate of drug-likeness (QED) is 0.202. The molecule has 9 nitrogen and oxygen atoms in total. The van der Waals surface area contributed by atoms with Crippen molar-refractivity contribution in [3.8, 4) is 23.0 Å². The lowest BCUT2D eigenvalue weighted by Crippen LogP contribution is -2.35. The Morgan fingerprint density at radius 2 is 1.78 bits per heavy atom. The second-order valence-corrected chi connectivity index (χ2v) is 12.3. The van der Waals surface area contributed by atoms with Crippen LogP contribution >= 0.6 is 11.8 Å².